The van der Waals surface area contributed by atoms with E-state index >= 15 is 0 Å². The van der Waals surface area contributed by atoms with Crippen LogP contribution in [-0.2, 0) is 14.3 Å². The number of amides is 1. The first-order chi connectivity index (χ1) is 33.5. The van der Waals surface area contributed by atoms with Gasteiger partial charge < -0.3 is 20.3 Å². The van der Waals surface area contributed by atoms with Crippen molar-refractivity contribution in [1.29, 1.82) is 0 Å². The normalized spacial score (nSPS) is 12.7. The standard InChI is InChI=1S/C62H119NO5/c1-3-5-7-9-11-13-15-17-19-22-26-30-34-38-42-46-50-54-60(65)59(58-64)63-61(66)55-51-47-43-39-35-31-27-24-21-25-29-33-37-41-45-49-53-57-68-62(67)56-52-48-44-40-36-32-28-23-20-18-16-14-12-10-8-6-4-2/h18,20,50,54,59-60,64-65H,3-17,19,21-49,51-53,55-58H2,1-2H3,(H,63,66)/b20-18-,54-50+. The third-order valence-corrected chi connectivity index (χ3v) is 14.2. The Bertz CT molecular complexity index is 1060. The van der Waals surface area contributed by atoms with Crippen molar-refractivity contribution >= 4 is 11.9 Å². The lowest BCUT2D eigenvalue weighted by molar-refractivity contribution is -0.143. The van der Waals surface area contributed by atoms with Gasteiger partial charge in [0, 0.05) is 12.8 Å². The number of aliphatic hydroxyl groups is 2. The van der Waals surface area contributed by atoms with Gasteiger partial charge in [0.15, 0.2) is 0 Å². The lowest BCUT2D eigenvalue weighted by Gasteiger charge is -2.20. The lowest BCUT2D eigenvalue weighted by Crippen LogP contribution is -2.45. The monoisotopic (exact) mass is 958 g/mol. The Morgan fingerprint density at radius 1 is 0.397 bits per heavy atom. The quantitative estimate of drug-likeness (QED) is 0.0321. The van der Waals surface area contributed by atoms with Gasteiger partial charge in [0.05, 0.1) is 25.4 Å². The molecule has 402 valence electrons. The van der Waals surface area contributed by atoms with Crippen LogP contribution in [0.15, 0.2) is 24.3 Å². The van der Waals surface area contributed by atoms with Crippen LogP contribution in [0.3, 0.4) is 0 Å². The molecule has 6 heteroatoms. The van der Waals surface area contributed by atoms with E-state index in [4.69, 9.17) is 4.74 Å². The van der Waals surface area contributed by atoms with E-state index in [1.54, 1.807) is 6.08 Å². The minimum Gasteiger partial charge on any atom is -0.466 e. The highest BCUT2D eigenvalue weighted by molar-refractivity contribution is 5.76. The van der Waals surface area contributed by atoms with Crippen LogP contribution in [-0.4, -0.2) is 47.4 Å². The third kappa shape index (κ3) is 53.7. The summed E-state index contributed by atoms with van der Waals surface area (Å²) in [5, 5.41) is 23.2. The van der Waals surface area contributed by atoms with Crippen LogP contribution in [0.1, 0.15) is 335 Å². The van der Waals surface area contributed by atoms with Crippen LogP contribution in [0.25, 0.3) is 0 Å². The number of aliphatic hydroxyl groups excluding tert-OH is 2. The minimum atomic E-state index is -0.848. The van der Waals surface area contributed by atoms with E-state index in [1.807, 2.05) is 6.08 Å². The number of rotatable bonds is 57. The van der Waals surface area contributed by atoms with Gasteiger partial charge in [-0.1, -0.05) is 289 Å². The van der Waals surface area contributed by atoms with E-state index in [0.717, 1.165) is 44.9 Å². The van der Waals surface area contributed by atoms with E-state index < -0.39 is 12.1 Å². The molecule has 0 saturated heterocycles. The van der Waals surface area contributed by atoms with Crippen LogP contribution in [0.4, 0.5) is 0 Å². The fourth-order valence-corrected chi connectivity index (χ4v) is 9.51. The zero-order valence-corrected chi connectivity index (χ0v) is 45.9. The highest BCUT2D eigenvalue weighted by atomic mass is 16.5. The number of carbonyl (C=O) groups excluding carboxylic acids is 2. The van der Waals surface area contributed by atoms with Crippen molar-refractivity contribution in [3.63, 3.8) is 0 Å². The molecule has 0 aliphatic heterocycles. The molecule has 0 rings (SSSR count). The molecule has 2 unspecified atom stereocenters. The number of unbranched alkanes of at least 4 members (excludes halogenated alkanes) is 44. The number of esters is 1. The summed E-state index contributed by atoms with van der Waals surface area (Å²) < 4.78 is 5.49. The Balaban J connectivity index is 3.43. The van der Waals surface area contributed by atoms with E-state index in [9.17, 15) is 19.8 Å². The first kappa shape index (κ1) is 66.3. The molecule has 0 saturated carbocycles. The van der Waals surface area contributed by atoms with Gasteiger partial charge in [-0.05, 0) is 57.8 Å². The second kappa shape index (κ2) is 57.9. The number of nitrogens with one attached hydrogen (secondary N) is 1. The summed E-state index contributed by atoms with van der Waals surface area (Å²) in [4.78, 5) is 24.6. The Morgan fingerprint density at radius 2 is 0.691 bits per heavy atom. The van der Waals surface area contributed by atoms with Gasteiger partial charge in [-0.2, -0.15) is 0 Å². The second-order valence-electron chi connectivity index (χ2n) is 21.0. The molecule has 2 atom stereocenters. The number of carbonyl (C=O) groups is 2. The first-order valence-electron chi connectivity index (χ1n) is 30.6. The highest BCUT2D eigenvalue weighted by Gasteiger charge is 2.18. The van der Waals surface area contributed by atoms with Crippen LogP contribution >= 0.6 is 0 Å². The summed E-state index contributed by atoms with van der Waals surface area (Å²) in [6.07, 6.45) is 70.6. The predicted octanol–water partition coefficient (Wildman–Crippen LogP) is 19.0. The molecule has 0 radical (unpaired) electrons. The van der Waals surface area contributed by atoms with Gasteiger partial charge in [0.1, 0.15) is 0 Å². The van der Waals surface area contributed by atoms with Gasteiger partial charge in [-0.15, -0.1) is 0 Å². The average Bonchev–Trinajstić information content (AvgIpc) is 3.34. The van der Waals surface area contributed by atoms with E-state index in [2.05, 4.69) is 31.3 Å². The molecule has 0 fully saturated rings. The zero-order chi connectivity index (χ0) is 49.3. The van der Waals surface area contributed by atoms with E-state index in [0.29, 0.717) is 19.4 Å². The number of hydrogen-bond acceptors (Lipinski definition) is 5. The molecule has 68 heavy (non-hydrogen) atoms. The SMILES string of the molecule is CCCCCCCC/C=C\CCCCCCCCCC(=O)OCCCCCCCCCCCCCCCCCCCC(=O)NC(CO)C(O)/C=C/CCCCCCCCCCCCCCCCC. The maximum atomic E-state index is 12.5. The number of hydrogen-bond donors (Lipinski definition) is 3. The molecule has 0 aliphatic carbocycles. The summed E-state index contributed by atoms with van der Waals surface area (Å²) in [6.45, 7) is 4.91. The molecule has 0 bridgehead atoms. The highest BCUT2D eigenvalue weighted by Crippen LogP contribution is 2.17. The third-order valence-electron chi connectivity index (χ3n) is 14.2. The van der Waals surface area contributed by atoms with Crippen molar-refractivity contribution in [1.82, 2.24) is 5.32 Å². The van der Waals surface area contributed by atoms with Gasteiger partial charge in [-0.3, -0.25) is 9.59 Å². The smallest absolute Gasteiger partial charge is 0.305 e. The zero-order valence-electron chi connectivity index (χ0n) is 45.9. The van der Waals surface area contributed by atoms with Gasteiger partial charge in [0.2, 0.25) is 5.91 Å². The molecule has 3 N–H and O–H groups in total. The maximum absolute atomic E-state index is 12.5. The summed E-state index contributed by atoms with van der Waals surface area (Å²) in [5.41, 5.74) is 0. The Kier molecular flexibility index (Phi) is 56.5. The molecule has 0 heterocycles. The fourth-order valence-electron chi connectivity index (χ4n) is 9.51. The second-order valence-corrected chi connectivity index (χ2v) is 21.0. The predicted molar refractivity (Wildman–Crippen MR) is 296 cm³/mol. The molecule has 6 nitrogen and oxygen atoms in total. The van der Waals surface area contributed by atoms with Crippen LogP contribution < -0.4 is 5.32 Å². The largest absolute Gasteiger partial charge is 0.466 e. The molecule has 0 aromatic heterocycles. The minimum absolute atomic E-state index is 0.00159. The van der Waals surface area contributed by atoms with Crippen molar-refractivity contribution in [3.05, 3.63) is 24.3 Å². The van der Waals surface area contributed by atoms with Crippen molar-refractivity contribution in [2.24, 2.45) is 0 Å². The molecule has 0 aromatic carbocycles. The Morgan fingerprint density at radius 3 is 1.04 bits per heavy atom. The molecule has 0 aromatic rings. The summed E-state index contributed by atoms with van der Waals surface area (Å²) in [6, 6.07) is -0.632. The fraction of sp³-hybridized carbons (Fsp3) is 0.903. The maximum Gasteiger partial charge on any atom is 0.305 e. The van der Waals surface area contributed by atoms with Gasteiger partial charge in [0.25, 0.3) is 0 Å². The molecule has 0 aliphatic rings. The van der Waals surface area contributed by atoms with Crippen molar-refractivity contribution in [2.75, 3.05) is 13.2 Å². The summed E-state index contributed by atoms with van der Waals surface area (Å²) >= 11 is 0. The lowest BCUT2D eigenvalue weighted by atomic mass is 10.0. The average molecular weight is 959 g/mol. The van der Waals surface area contributed by atoms with Crippen LogP contribution in [0, 0.1) is 0 Å². The molecule has 0 spiro atoms. The van der Waals surface area contributed by atoms with Gasteiger partial charge in [-0.25, -0.2) is 0 Å². The van der Waals surface area contributed by atoms with E-state index in [-0.39, 0.29) is 18.5 Å². The topological polar surface area (TPSA) is 95.9 Å². The molecular weight excluding hydrogens is 839 g/mol. The molecular formula is C62H119NO5. The van der Waals surface area contributed by atoms with Gasteiger partial charge >= 0.3 is 5.97 Å². The van der Waals surface area contributed by atoms with E-state index in [1.165, 1.54) is 263 Å². The Labute approximate surface area is 424 Å². The van der Waals surface area contributed by atoms with Crippen LogP contribution in [0.2, 0.25) is 0 Å². The molecule has 1 amide bonds. The summed E-state index contributed by atoms with van der Waals surface area (Å²) in [5.74, 6) is -0.0696. The first-order valence-corrected chi connectivity index (χ1v) is 30.6. The van der Waals surface area contributed by atoms with Crippen molar-refractivity contribution < 1.29 is 24.5 Å². The van der Waals surface area contributed by atoms with Crippen LogP contribution in [0.5, 0.6) is 0 Å². The number of allylic oxidation sites excluding steroid dienone is 3. The summed E-state index contributed by atoms with van der Waals surface area (Å²) in [7, 11) is 0. The van der Waals surface area contributed by atoms with Crippen molar-refractivity contribution in [2.45, 2.75) is 347 Å². The number of ether oxygens (including phenoxy) is 1. The Hall–Kier alpha value is -1.66. The van der Waals surface area contributed by atoms with Crippen molar-refractivity contribution in [3.8, 4) is 0 Å².